The first-order valence-electron chi connectivity index (χ1n) is 5.43. The predicted molar refractivity (Wildman–Crippen MR) is 59.9 cm³/mol. The van der Waals surface area contributed by atoms with Crippen molar-refractivity contribution >= 4 is 17.0 Å². The normalized spacial score (nSPS) is 28.9. The Kier molecular flexibility index (Phi) is 2.23. The minimum absolute atomic E-state index is 0.0200. The molecule has 1 unspecified atom stereocenters. The fourth-order valence-electron chi connectivity index (χ4n) is 2.15. The fraction of sp³-hybridized carbons (Fsp3) is 0.500. The second-order valence-electron chi connectivity index (χ2n) is 4.22. The summed E-state index contributed by atoms with van der Waals surface area (Å²) in [5.74, 6) is 0.328. The van der Waals surface area contributed by atoms with E-state index in [4.69, 9.17) is 10.5 Å². The quantitative estimate of drug-likeness (QED) is 0.726. The highest BCUT2D eigenvalue weighted by molar-refractivity contribution is 5.81. The van der Waals surface area contributed by atoms with Gasteiger partial charge < -0.3 is 15.6 Å². The van der Waals surface area contributed by atoms with Crippen LogP contribution < -0.4 is 5.73 Å². The molecule has 0 aromatic carbocycles. The van der Waals surface area contributed by atoms with Gasteiger partial charge in [0, 0.05) is 6.42 Å². The number of hydrogen-bond acceptors (Lipinski definition) is 6. The highest BCUT2D eigenvalue weighted by Gasteiger charge is 2.33. The molecular weight excluding hydrogens is 222 g/mol. The van der Waals surface area contributed by atoms with Crippen LogP contribution in [0.25, 0.3) is 11.2 Å². The van der Waals surface area contributed by atoms with Crippen LogP contribution in [-0.4, -0.2) is 36.8 Å². The Bertz CT molecular complexity index is 555. The van der Waals surface area contributed by atoms with E-state index in [1.54, 1.807) is 10.9 Å². The maximum atomic E-state index is 9.91. The van der Waals surface area contributed by atoms with Gasteiger partial charge in [0.15, 0.2) is 17.7 Å². The first-order chi connectivity index (χ1) is 8.16. The zero-order valence-corrected chi connectivity index (χ0v) is 9.32. The number of aliphatic hydroxyl groups is 1. The zero-order chi connectivity index (χ0) is 12.0. The monoisotopic (exact) mass is 235 g/mol. The summed E-state index contributed by atoms with van der Waals surface area (Å²) in [6.45, 7) is 1.92. The third kappa shape index (κ3) is 1.55. The number of aromatic nitrogens is 4. The molecule has 0 bridgehead atoms. The van der Waals surface area contributed by atoms with Crippen LogP contribution in [-0.2, 0) is 4.74 Å². The Labute approximate surface area is 97.3 Å². The molecule has 17 heavy (non-hydrogen) atoms. The second-order valence-corrected chi connectivity index (χ2v) is 4.22. The van der Waals surface area contributed by atoms with Crippen molar-refractivity contribution in [1.82, 2.24) is 19.5 Å². The summed E-state index contributed by atoms with van der Waals surface area (Å²) in [4.78, 5) is 12.1. The van der Waals surface area contributed by atoms with E-state index in [-0.39, 0.29) is 6.10 Å². The van der Waals surface area contributed by atoms with Gasteiger partial charge in [-0.1, -0.05) is 0 Å². The molecule has 0 radical (unpaired) electrons. The van der Waals surface area contributed by atoms with E-state index in [0.717, 1.165) is 0 Å². The summed E-state index contributed by atoms with van der Waals surface area (Å²) in [7, 11) is 0. The lowest BCUT2D eigenvalue weighted by Gasteiger charge is -2.15. The number of nitrogens with zero attached hydrogens (tertiary/aromatic N) is 4. The lowest BCUT2D eigenvalue weighted by molar-refractivity contribution is -0.0297. The van der Waals surface area contributed by atoms with Gasteiger partial charge in [-0.3, -0.25) is 4.57 Å². The molecule has 0 saturated carbocycles. The molecule has 3 N–H and O–H groups in total. The summed E-state index contributed by atoms with van der Waals surface area (Å²) in [5, 5.41) is 9.91. The second kappa shape index (κ2) is 3.64. The number of nitrogens with two attached hydrogens (primary N) is 1. The van der Waals surface area contributed by atoms with Gasteiger partial charge >= 0.3 is 0 Å². The van der Waals surface area contributed by atoms with Crippen LogP contribution in [0.4, 0.5) is 5.82 Å². The van der Waals surface area contributed by atoms with Gasteiger partial charge in [-0.2, -0.15) is 0 Å². The summed E-state index contributed by atoms with van der Waals surface area (Å²) in [6, 6.07) is 0. The van der Waals surface area contributed by atoms with Gasteiger partial charge in [0.1, 0.15) is 17.9 Å². The van der Waals surface area contributed by atoms with E-state index < -0.39 is 12.3 Å². The van der Waals surface area contributed by atoms with E-state index in [1.807, 2.05) is 6.92 Å². The molecule has 2 aromatic heterocycles. The number of rotatable bonds is 1. The highest BCUT2D eigenvalue weighted by Crippen LogP contribution is 2.30. The van der Waals surface area contributed by atoms with E-state index in [9.17, 15) is 5.11 Å². The molecule has 1 fully saturated rings. The number of anilines is 1. The predicted octanol–water partition coefficient (Wildman–Crippen LogP) is 0.0768. The Morgan fingerprint density at radius 1 is 1.47 bits per heavy atom. The average molecular weight is 235 g/mol. The van der Waals surface area contributed by atoms with Crippen molar-refractivity contribution in [3.8, 4) is 0 Å². The molecular formula is C10H13N5O2. The molecule has 7 nitrogen and oxygen atoms in total. The average Bonchev–Trinajstić information content (AvgIpc) is 2.83. The number of fused-ring (bicyclic) bond motifs is 1. The van der Waals surface area contributed by atoms with Gasteiger partial charge in [-0.05, 0) is 6.92 Å². The molecule has 0 spiro atoms. The van der Waals surface area contributed by atoms with Crippen molar-refractivity contribution in [2.75, 3.05) is 5.73 Å². The standard InChI is InChI=1S/C10H13N5O2/c1-5-2-6(16)10(17-5)15-4-14-7-8(11)12-3-13-9(7)15/h3-6,10,16H,2H2,1H3,(H2,11,12,13)/t5-,6+,10?/m1/s1. The van der Waals surface area contributed by atoms with Crippen LogP contribution in [0, 0.1) is 0 Å². The van der Waals surface area contributed by atoms with Crippen molar-refractivity contribution in [1.29, 1.82) is 0 Å². The van der Waals surface area contributed by atoms with Gasteiger partial charge in [0.2, 0.25) is 0 Å². The number of ether oxygens (including phenoxy) is 1. The molecule has 2 aromatic rings. The van der Waals surface area contributed by atoms with Crippen molar-refractivity contribution in [3.05, 3.63) is 12.7 Å². The molecule has 3 rings (SSSR count). The topological polar surface area (TPSA) is 99.1 Å². The zero-order valence-electron chi connectivity index (χ0n) is 9.32. The Morgan fingerprint density at radius 2 is 2.29 bits per heavy atom. The molecule has 90 valence electrons. The number of imidazole rings is 1. The Hall–Kier alpha value is -1.73. The first-order valence-corrected chi connectivity index (χ1v) is 5.43. The maximum Gasteiger partial charge on any atom is 0.167 e. The molecule has 0 amide bonds. The minimum atomic E-state index is -0.557. The molecule has 1 saturated heterocycles. The van der Waals surface area contributed by atoms with E-state index in [0.29, 0.717) is 23.4 Å². The Balaban J connectivity index is 2.09. The molecule has 0 aliphatic carbocycles. The third-order valence-corrected chi connectivity index (χ3v) is 2.94. The molecule has 3 heterocycles. The van der Waals surface area contributed by atoms with Gasteiger partial charge in [0.25, 0.3) is 0 Å². The lowest BCUT2D eigenvalue weighted by atomic mass is 10.2. The van der Waals surface area contributed by atoms with Crippen LogP contribution in [0.15, 0.2) is 12.7 Å². The van der Waals surface area contributed by atoms with Gasteiger partial charge in [0.05, 0.1) is 12.4 Å². The summed E-state index contributed by atoms with van der Waals surface area (Å²) < 4.78 is 7.33. The maximum absolute atomic E-state index is 9.91. The van der Waals surface area contributed by atoms with E-state index >= 15 is 0 Å². The Morgan fingerprint density at radius 3 is 3.00 bits per heavy atom. The van der Waals surface area contributed by atoms with Crippen LogP contribution in [0.2, 0.25) is 0 Å². The van der Waals surface area contributed by atoms with Crippen molar-refractivity contribution in [3.63, 3.8) is 0 Å². The number of nitrogen functional groups attached to an aromatic ring is 1. The molecule has 1 aliphatic heterocycles. The molecule has 7 heteroatoms. The number of hydrogen-bond donors (Lipinski definition) is 2. The van der Waals surface area contributed by atoms with Crippen LogP contribution >= 0.6 is 0 Å². The van der Waals surface area contributed by atoms with Crippen LogP contribution in [0.3, 0.4) is 0 Å². The smallest absolute Gasteiger partial charge is 0.167 e. The summed E-state index contributed by atoms with van der Waals surface area (Å²) in [5.41, 5.74) is 6.81. The number of aliphatic hydroxyl groups excluding tert-OH is 1. The summed E-state index contributed by atoms with van der Waals surface area (Å²) >= 11 is 0. The van der Waals surface area contributed by atoms with Crippen LogP contribution in [0.1, 0.15) is 19.6 Å². The van der Waals surface area contributed by atoms with Gasteiger partial charge in [-0.25, -0.2) is 15.0 Å². The molecule has 1 aliphatic rings. The minimum Gasteiger partial charge on any atom is -0.388 e. The van der Waals surface area contributed by atoms with Crippen LogP contribution in [0.5, 0.6) is 0 Å². The fourth-order valence-corrected chi connectivity index (χ4v) is 2.15. The highest BCUT2D eigenvalue weighted by atomic mass is 16.5. The van der Waals surface area contributed by atoms with E-state index in [2.05, 4.69) is 15.0 Å². The van der Waals surface area contributed by atoms with Crippen molar-refractivity contribution < 1.29 is 9.84 Å². The molecule has 3 atom stereocenters. The third-order valence-electron chi connectivity index (χ3n) is 2.94. The lowest BCUT2D eigenvalue weighted by Crippen LogP contribution is -2.19. The first kappa shape index (κ1) is 10.4. The largest absolute Gasteiger partial charge is 0.388 e. The van der Waals surface area contributed by atoms with E-state index in [1.165, 1.54) is 6.33 Å². The van der Waals surface area contributed by atoms with Gasteiger partial charge in [-0.15, -0.1) is 0 Å². The SMILES string of the molecule is C[C@@H]1C[C@H](O)C(n2cnc3c(N)ncnc32)O1. The van der Waals surface area contributed by atoms with Crippen molar-refractivity contribution in [2.45, 2.75) is 31.8 Å². The summed E-state index contributed by atoms with van der Waals surface area (Å²) in [6.07, 6.45) is 2.56. The van der Waals surface area contributed by atoms with Crippen molar-refractivity contribution in [2.24, 2.45) is 0 Å².